The van der Waals surface area contributed by atoms with Gasteiger partial charge in [0.25, 0.3) is 10.0 Å². The van der Waals surface area contributed by atoms with Crippen molar-refractivity contribution in [2.45, 2.75) is 25.3 Å². The SMILES string of the molecule is CNCCn1cc(S(=O)(=O)Nc2cc(C)cc(C)c2)cn1. The van der Waals surface area contributed by atoms with Gasteiger partial charge in [-0.15, -0.1) is 0 Å². The van der Waals surface area contributed by atoms with Crippen LogP contribution in [0.4, 0.5) is 5.69 Å². The van der Waals surface area contributed by atoms with Crippen LogP contribution in [0.1, 0.15) is 11.1 Å². The van der Waals surface area contributed by atoms with Crippen molar-refractivity contribution in [3.8, 4) is 0 Å². The van der Waals surface area contributed by atoms with Crippen LogP contribution in [0, 0.1) is 13.8 Å². The van der Waals surface area contributed by atoms with Crippen LogP contribution in [0.25, 0.3) is 0 Å². The van der Waals surface area contributed by atoms with Gasteiger partial charge in [0.15, 0.2) is 0 Å². The van der Waals surface area contributed by atoms with Gasteiger partial charge in [-0.25, -0.2) is 8.42 Å². The Bertz CT molecular complexity index is 702. The maximum Gasteiger partial charge on any atom is 0.265 e. The van der Waals surface area contributed by atoms with E-state index in [-0.39, 0.29) is 4.90 Å². The quantitative estimate of drug-likeness (QED) is 0.848. The molecule has 0 radical (unpaired) electrons. The Morgan fingerprint density at radius 1 is 1.19 bits per heavy atom. The molecule has 0 aliphatic rings. The molecule has 0 atom stereocenters. The van der Waals surface area contributed by atoms with Crippen molar-refractivity contribution in [2.24, 2.45) is 0 Å². The number of likely N-dealkylation sites (N-methyl/N-ethyl adjacent to an activating group) is 1. The van der Waals surface area contributed by atoms with Crippen LogP contribution < -0.4 is 10.0 Å². The Kier molecular flexibility index (Phi) is 4.64. The number of benzene rings is 1. The first-order valence-corrected chi connectivity index (χ1v) is 8.17. The summed E-state index contributed by atoms with van der Waals surface area (Å²) in [5.74, 6) is 0. The molecule has 114 valence electrons. The lowest BCUT2D eigenvalue weighted by Gasteiger charge is -2.08. The standard InChI is InChI=1S/C14H20N4O2S/c1-11-6-12(2)8-13(7-11)17-21(19,20)14-9-16-18(10-14)5-4-15-3/h6-10,15,17H,4-5H2,1-3H3. The third-order valence-electron chi connectivity index (χ3n) is 2.98. The van der Waals surface area contributed by atoms with E-state index < -0.39 is 10.0 Å². The molecule has 2 rings (SSSR count). The molecule has 0 unspecified atom stereocenters. The third kappa shape index (κ3) is 4.05. The van der Waals surface area contributed by atoms with E-state index in [0.29, 0.717) is 12.2 Å². The van der Waals surface area contributed by atoms with E-state index in [4.69, 9.17) is 0 Å². The van der Waals surface area contributed by atoms with Crippen molar-refractivity contribution >= 4 is 15.7 Å². The Balaban J connectivity index is 2.19. The van der Waals surface area contributed by atoms with E-state index in [1.54, 1.807) is 16.8 Å². The van der Waals surface area contributed by atoms with Crippen LogP contribution in [0.15, 0.2) is 35.5 Å². The molecule has 2 aromatic rings. The second-order valence-corrected chi connectivity index (χ2v) is 6.71. The zero-order valence-electron chi connectivity index (χ0n) is 12.4. The normalized spacial score (nSPS) is 11.6. The van der Waals surface area contributed by atoms with Gasteiger partial charge in [0.2, 0.25) is 0 Å². The summed E-state index contributed by atoms with van der Waals surface area (Å²) >= 11 is 0. The van der Waals surface area contributed by atoms with Crippen LogP contribution in [-0.4, -0.2) is 31.8 Å². The van der Waals surface area contributed by atoms with Crippen LogP contribution in [0.2, 0.25) is 0 Å². The molecule has 0 amide bonds. The molecule has 0 saturated carbocycles. The molecular formula is C14H20N4O2S. The predicted octanol–water partition coefficient (Wildman–Crippen LogP) is 1.52. The van der Waals surface area contributed by atoms with Gasteiger partial charge in [-0.05, 0) is 44.2 Å². The molecule has 0 bridgehead atoms. The molecule has 0 fully saturated rings. The second-order valence-electron chi connectivity index (χ2n) is 5.02. The minimum atomic E-state index is -3.60. The van der Waals surface area contributed by atoms with Crippen LogP contribution >= 0.6 is 0 Å². The van der Waals surface area contributed by atoms with Crippen LogP contribution in [-0.2, 0) is 16.6 Å². The molecule has 1 aromatic heterocycles. The molecular weight excluding hydrogens is 288 g/mol. The Labute approximate surface area is 125 Å². The van der Waals surface area contributed by atoms with Gasteiger partial charge >= 0.3 is 0 Å². The third-order valence-corrected chi connectivity index (χ3v) is 4.32. The van der Waals surface area contributed by atoms with Crippen molar-refractivity contribution in [3.05, 3.63) is 41.7 Å². The first-order valence-electron chi connectivity index (χ1n) is 6.69. The zero-order valence-corrected chi connectivity index (χ0v) is 13.2. The highest BCUT2D eigenvalue weighted by atomic mass is 32.2. The Hall–Kier alpha value is -1.86. The second kappa shape index (κ2) is 6.28. The highest BCUT2D eigenvalue weighted by Crippen LogP contribution is 2.18. The van der Waals surface area contributed by atoms with E-state index in [1.807, 2.05) is 27.0 Å². The van der Waals surface area contributed by atoms with Gasteiger partial charge < -0.3 is 5.32 Å². The van der Waals surface area contributed by atoms with Crippen molar-refractivity contribution in [3.63, 3.8) is 0 Å². The maximum absolute atomic E-state index is 12.3. The number of rotatable bonds is 6. The number of hydrogen-bond donors (Lipinski definition) is 2. The first-order chi connectivity index (χ1) is 9.90. The van der Waals surface area contributed by atoms with Gasteiger partial charge in [0, 0.05) is 18.4 Å². The highest BCUT2D eigenvalue weighted by Gasteiger charge is 2.16. The molecule has 7 heteroatoms. The fraction of sp³-hybridized carbons (Fsp3) is 0.357. The summed E-state index contributed by atoms with van der Waals surface area (Å²) < 4.78 is 28.9. The van der Waals surface area contributed by atoms with Crippen molar-refractivity contribution in [2.75, 3.05) is 18.3 Å². The van der Waals surface area contributed by atoms with E-state index in [2.05, 4.69) is 15.1 Å². The molecule has 0 aliphatic heterocycles. The van der Waals surface area contributed by atoms with Crippen molar-refractivity contribution in [1.82, 2.24) is 15.1 Å². The summed E-state index contributed by atoms with van der Waals surface area (Å²) in [5.41, 5.74) is 2.59. The summed E-state index contributed by atoms with van der Waals surface area (Å²) in [6.45, 7) is 5.21. The van der Waals surface area contributed by atoms with E-state index >= 15 is 0 Å². The molecule has 6 nitrogen and oxygen atoms in total. The van der Waals surface area contributed by atoms with Gasteiger partial charge in [0.05, 0.1) is 12.7 Å². The van der Waals surface area contributed by atoms with Gasteiger partial charge in [-0.3, -0.25) is 9.40 Å². The highest BCUT2D eigenvalue weighted by molar-refractivity contribution is 7.92. The molecule has 0 spiro atoms. The molecule has 1 heterocycles. The molecule has 1 aromatic carbocycles. The monoisotopic (exact) mass is 308 g/mol. The van der Waals surface area contributed by atoms with E-state index in [0.717, 1.165) is 17.7 Å². The average Bonchev–Trinajstić information content (AvgIpc) is 2.84. The number of aryl methyl sites for hydroxylation is 2. The number of aromatic nitrogens is 2. The molecule has 2 N–H and O–H groups in total. The number of nitrogens with one attached hydrogen (secondary N) is 2. The Morgan fingerprint density at radius 3 is 2.48 bits per heavy atom. The van der Waals surface area contributed by atoms with Crippen LogP contribution in [0.3, 0.4) is 0 Å². The Morgan fingerprint density at radius 2 is 1.86 bits per heavy atom. The molecule has 0 aliphatic carbocycles. The lowest BCUT2D eigenvalue weighted by atomic mass is 10.1. The fourth-order valence-corrected chi connectivity index (χ4v) is 3.07. The lowest BCUT2D eigenvalue weighted by Crippen LogP contribution is -2.15. The number of sulfonamides is 1. The topological polar surface area (TPSA) is 76.0 Å². The zero-order chi connectivity index (χ0) is 15.5. The number of hydrogen-bond acceptors (Lipinski definition) is 4. The van der Waals surface area contributed by atoms with E-state index in [9.17, 15) is 8.42 Å². The first kappa shape index (κ1) is 15.5. The predicted molar refractivity (Wildman–Crippen MR) is 82.9 cm³/mol. The minimum Gasteiger partial charge on any atom is -0.318 e. The molecule has 0 saturated heterocycles. The summed E-state index contributed by atoms with van der Waals surface area (Å²) in [5, 5.41) is 7.04. The fourth-order valence-electron chi connectivity index (χ4n) is 2.08. The maximum atomic E-state index is 12.3. The van der Waals surface area contributed by atoms with Gasteiger partial charge in [-0.2, -0.15) is 5.10 Å². The number of nitrogens with zero attached hydrogens (tertiary/aromatic N) is 2. The summed E-state index contributed by atoms with van der Waals surface area (Å²) in [4.78, 5) is 0.165. The minimum absolute atomic E-state index is 0.165. The smallest absolute Gasteiger partial charge is 0.265 e. The van der Waals surface area contributed by atoms with Gasteiger partial charge in [0.1, 0.15) is 4.90 Å². The van der Waals surface area contributed by atoms with Crippen LogP contribution in [0.5, 0.6) is 0 Å². The lowest BCUT2D eigenvalue weighted by molar-refractivity contribution is 0.582. The average molecular weight is 308 g/mol. The molecule has 21 heavy (non-hydrogen) atoms. The summed E-state index contributed by atoms with van der Waals surface area (Å²) in [6.07, 6.45) is 2.89. The largest absolute Gasteiger partial charge is 0.318 e. The van der Waals surface area contributed by atoms with E-state index in [1.165, 1.54) is 12.4 Å². The summed E-state index contributed by atoms with van der Waals surface area (Å²) in [6, 6.07) is 5.60. The summed E-state index contributed by atoms with van der Waals surface area (Å²) in [7, 11) is -1.77. The van der Waals surface area contributed by atoms with Gasteiger partial charge in [-0.1, -0.05) is 6.07 Å². The van der Waals surface area contributed by atoms with Crippen molar-refractivity contribution < 1.29 is 8.42 Å². The van der Waals surface area contributed by atoms with Crippen molar-refractivity contribution in [1.29, 1.82) is 0 Å². The number of anilines is 1.